The van der Waals surface area contributed by atoms with Gasteiger partial charge in [-0.3, -0.25) is 0 Å². The highest BCUT2D eigenvalue weighted by Crippen LogP contribution is 2.35. The van der Waals surface area contributed by atoms with E-state index in [2.05, 4.69) is 20.8 Å². The van der Waals surface area contributed by atoms with Gasteiger partial charge >= 0.3 is 0 Å². The smallest absolute Gasteiger partial charge is 0.0591 e. The molecule has 0 bridgehead atoms. The van der Waals surface area contributed by atoms with Crippen LogP contribution in [0.2, 0.25) is 0 Å². The third kappa shape index (κ3) is 2.98. The fourth-order valence-electron chi connectivity index (χ4n) is 2.72. The maximum Gasteiger partial charge on any atom is 0.0591 e. The number of aliphatic hydroxyl groups is 1. The predicted molar refractivity (Wildman–Crippen MR) is 56.6 cm³/mol. The molecule has 1 saturated carbocycles. The Balaban J connectivity index is 2.35. The third-order valence-electron chi connectivity index (χ3n) is 3.54. The van der Waals surface area contributed by atoms with E-state index in [0.717, 1.165) is 5.92 Å². The monoisotopic (exact) mass is 184 g/mol. The van der Waals surface area contributed by atoms with Crippen molar-refractivity contribution in [3.8, 4) is 0 Å². The van der Waals surface area contributed by atoms with E-state index in [9.17, 15) is 5.11 Å². The molecule has 0 heterocycles. The molecular formula is C12H24O. The second-order valence-corrected chi connectivity index (χ2v) is 4.92. The Bertz CT molecular complexity index is 132. The molecule has 0 aromatic heterocycles. The van der Waals surface area contributed by atoms with Gasteiger partial charge in [0.05, 0.1) is 6.10 Å². The van der Waals surface area contributed by atoms with Crippen molar-refractivity contribution < 1.29 is 5.11 Å². The zero-order valence-corrected chi connectivity index (χ0v) is 9.29. The molecular weight excluding hydrogens is 160 g/mol. The van der Waals surface area contributed by atoms with Gasteiger partial charge in [-0.15, -0.1) is 0 Å². The fourth-order valence-corrected chi connectivity index (χ4v) is 2.72. The third-order valence-corrected chi connectivity index (χ3v) is 3.54. The van der Waals surface area contributed by atoms with E-state index in [1.165, 1.54) is 32.1 Å². The summed E-state index contributed by atoms with van der Waals surface area (Å²) in [6.07, 6.45) is 6.48. The normalized spacial score (nSPS) is 40.6. The maximum atomic E-state index is 9.79. The molecule has 13 heavy (non-hydrogen) atoms. The van der Waals surface area contributed by atoms with Crippen molar-refractivity contribution >= 4 is 0 Å². The predicted octanol–water partition coefficient (Wildman–Crippen LogP) is 3.22. The van der Waals surface area contributed by atoms with E-state index >= 15 is 0 Å². The second kappa shape index (κ2) is 4.99. The van der Waals surface area contributed by atoms with Gasteiger partial charge in [-0.05, 0) is 30.6 Å². The summed E-state index contributed by atoms with van der Waals surface area (Å²) in [5.41, 5.74) is 0. The van der Waals surface area contributed by atoms with Crippen molar-refractivity contribution in [1.82, 2.24) is 0 Å². The van der Waals surface area contributed by atoms with Gasteiger partial charge in [0.15, 0.2) is 0 Å². The average Bonchev–Trinajstić information content (AvgIpc) is 2.10. The molecule has 0 aliphatic heterocycles. The van der Waals surface area contributed by atoms with Crippen LogP contribution in [0, 0.1) is 17.8 Å². The van der Waals surface area contributed by atoms with E-state index in [1.54, 1.807) is 0 Å². The lowest BCUT2D eigenvalue weighted by molar-refractivity contribution is 0.00940. The zero-order valence-electron chi connectivity index (χ0n) is 9.29. The first kappa shape index (κ1) is 11.0. The van der Waals surface area contributed by atoms with Gasteiger partial charge in [0, 0.05) is 0 Å². The van der Waals surface area contributed by atoms with Crippen LogP contribution in [0.3, 0.4) is 0 Å². The topological polar surface area (TPSA) is 20.2 Å². The molecule has 0 amide bonds. The standard InChI is InChI=1S/C12H24O/c1-4-5-6-11-7-9(2)12(13)10(3)8-11/h9-13H,4-8H2,1-3H3. The lowest BCUT2D eigenvalue weighted by Crippen LogP contribution is -2.34. The summed E-state index contributed by atoms with van der Waals surface area (Å²) in [6, 6.07) is 0. The molecule has 0 aromatic rings. The molecule has 1 aliphatic rings. The van der Waals surface area contributed by atoms with Crippen molar-refractivity contribution in [2.75, 3.05) is 0 Å². The summed E-state index contributed by atoms with van der Waals surface area (Å²) < 4.78 is 0. The minimum Gasteiger partial charge on any atom is -0.393 e. The highest BCUT2D eigenvalue weighted by Gasteiger charge is 2.30. The minimum atomic E-state index is -0.0436. The van der Waals surface area contributed by atoms with Crippen LogP contribution in [0.5, 0.6) is 0 Å². The van der Waals surface area contributed by atoms with Gasteiger partial charge in [0.2, 0.25) is 0 Å². The quantitative estimate of drug-likeness (QED) is 0.714. The largest absolute Gasteiger partial charge is 0.393 e. The van der Waals surface area contributed by atoms with Crippen molar-refractivity contribution in [3.63, 3.8) is 0 Å². The SMILES string of the molecule is CCCCC1CC(C)C(O)C(C)C1. The molecule has 1 N–H and O–H groups in total. The summed E-state index contributed by atoms with van der Waals surface area (Å²) >= 11 is 0. The molecule has 0 spiro atoms. The molecule has 1 aliphatic carbocycles. The first-order valence-electron chi connectivity index (χ1n) is 5.83. The van der Waals surface area contributed by atoms with Gasteiger partial charge in [0.25, 0.3) is 0 Å². The van der Waals surface area contributed by atoms with Crippen LogP contribution in [0.15, 0.2) is 0 Å². The van der Waals surface area contributed by atoms with Crippen LogP contribution in [-0.2, 0) is 0 Å². The van der Waals surface area contributed by atoms with Crippen LogP contribution in [0.1, 0.15) is 52.9 Å². The molecule has 2 unspecified atom stereocenters. The molecule has 1 rings (SSSR count). The lowest BCUT2D eigenvalue weighted by atomic mass is 9.73. The first-order chi connectivity index (χ1) is 6.15. The number of rotatable bonds is 3. The lowest BCUT2D eigenvalue weighted by Gasteiger charge is -2.36. The summed E-state index contributed by atoms with van der Waals surface area (Å²) in [6.45, 7) is 6.64. The Hall–Kier alpha value is -0.0400. The Morgan fingerprint density at radius 2 is 1.69 bits per heavy atom. The van der Waals surface area contributed by atoms with E-state index in [4.69, 9.17) is 0 Å². The number of unbranched alkanes of at least 4 members (excludes halogenated alkanes) is 1. The molecule has 1 nitrogen and oxygen atoms in total. The van der Waals surface area contributed by atoms with Crippen molar-refractivity contribution in [3.05, 3.63) is 0 Å². The number of aliphatic hydroxyl groups excluding tert-OH is 1. The van der Waals surface area contributed by atoms with E-state index in [-0.39, 0.29) is 6.10 Å². The molecule has 78 valence electrons. The summed E-state index contributed by atoms with van der Waals surface area (Å²) in [7, 11) is 0. The number of hydrogen-bond acceptors (Lipinski definition) is 1. The highest BCUT2D eigenvalue weighted by molar-refractivity contribution is 4.81. The zero-order chi connectivity index (χ0) is 9.84. The molecule has 0 aromatic carbocycles. The van der Waals surface area contributed by atoms with Gasteiger partial charge in [0.1, 0.15) is 0 Å². The molecule has 0 saturated heterocycles. The van der Waals surface area contributed by atoms with Crippen molar-refractivity contribution in [2.24, 2.45) is 17.8 Å². The molecule has 1 heteroatoms. The van der Waals surface area contributed by atoms with E-state index in [1.807, 2.05) is 0 Å². The Labute approximate surface area is 82.5 Å². The van der Waals surface area contributed by atoms with Crippen LogP contribution < -0.4 is 0 Å². The molecule has 1 fully saturated rings. The second-order valence-electron chi connectivity index (χ2n) is 4.92. The minimum absolute atomic E-state index is 0.0436. The Kier molecular flexibility index (Phi) is 4.24. The van der Waals surface area contributed by atoms with Crippen LogP contribution in [0.4, 0.5) is 0 Å². The fraction of sp³-hybridized carbons (Fsp3) is 1.00. The maximum absolute atomic E-state index is 9.79. The van der Waals surface area contributed by atoms with E-state index in [0.29, 0.717) is 11.8 Å². The molecule has 2 atom stereocenters. The van der Waals surface area contributed by atoms with Crippen LogP contribution >= 0.6 is 0 Å². The summed E-state index contributed by atoms with van der Waals surface area (Å²) in [4.78, 5) is 0. The summed E-state index contributed by atoms with van der Waals surface area (Å²) in [5, 5.41) is 9.79. The number of hydrogen-bond donors (Lipinski definition) is 1. The Morgan fingerprint density at radius 3 is 2.15 bits per heavy atom. The summed E-state index contributed by atoms with van der Waals surface area (Å²) in [5.74, 6) is 1.92. The molecule has 0 radical (unpaired) electrons. The van der Waals surface area contributed by atoms with Crippen LogP contribution in [0.25, 0.3) is 0 Å². The van der Waals surface area contributed by atoms with E-state index < -0.39 is 0 Å². The van der Waals surface area contributed by atoms with Gasteiger partial charge in [-0.25, -0.2) is 0 Å². The first-order valence-corrected chi connectivity index (χ1v) is 5.83. The van der Waals surface area contributed by atoms with Gasteiger partial charge in [-0.2, -0.15) is 0 Å². The van der Waals surface area contributed by atoms with Crippen molar-refractivity contribution in [1.29, 1.82) is 0 Å². The van der Waals surface area contributed by atoms with Crippen molar-refractivity contribution in [2.45, 2.75) is 59.0 Å². The van der Waals surface area contributed by atoms with Crippen LogP contribution in [-0.4, -0.2) is 11.2 Å². The average molecular weight is 184 g/mol. The highest BCUT2D eigenvalue weighted by atomic mass is 16.3. The Morgan fingerprint density at radius 1 is 1.15 bits per heavy atom. The van der Waals surface area contributed by atoms with Gasteiger partial charge in [-0.1, -0.05) is 40.0 Å². The van der Waals surface area contributed by atoms with Gasteiger partial charge < -0.3 is 5.11 Å².